The van der Waals surface area contributed by atoms with Gasteiger partial charge in [-0.05, 0) is 57.7 Å². The van der Waals surface area contributed by atoms with Crippen LogP contribution in [0.3, 0.4) is 0 Å². The van der Waals surface area contributed by atoms with E-state index in [0.29, 0.717) is 11.8 Å². The van der Waals surface area contributed by atoms with E-state index in [1.54, 1.807) is 0 Å². The van der Waals surface area contributed by atoms with Crippen LogP contribution < -0.4 is 15.5 Å². The van der Waals surface area contributed by atoms with Gasteiger partial charge < -0.3 is 20.4 Å². The minimum absolute atomic E-state index is 0.552. The van der Waals surface area contributed by atoms with E-state index in [-0.39, 0.29) is 0 Å². The highest BCUT2D eigenvalue weighted by Crippen LogP contribution is 2.33. The number of hydrogen-bond donors (Lipinski definition) is 1. The van der Waals surface area contributed by atoms with Crippen molar-refractivity contribution in [2.75, 3.05) is 62.9 Å². The van der Waals surface area contributed by atoms with E-state index < -0.39 is 0 Å². The van der Waals surface area contributed by atoms with Gasteiger partial charge in [-0.25, -0.2) is 0 Å². The molecule has 6 nitrogen and oxygen atoms in total. The third-order valence-corrected chi connectivity index (χ3v) is 5.41. The number of hydrogen-bond acceptors (Lipinski definition) is 6. The summed E-state index contributed by atoms with van der Waals surface area (Å²) < 4.78 is 0. The molecule has 128 valence electrons. The van der Waals surface area contributed by atoms with Gasteiger partial charge in [-0.3, -0.25) is 0 Å². The second-order valence-electron chi connectivity index (χ2n) is 7.31. The summed E-state index contributed by atoms with van der Waals surface area (Å²) in [6, 6.07) is 1.91. The van der Waals surface area contributed by atoms with Crippen LogP contribution in [0.4, 0.5) is 17.6 Å². The number of aromatic nitrogens is 2. The van der Waals surface area contributed by atoms with Crippen LogP contribution in [0.1, 0.15) is 25.7 Å². The van der Waals surface area contributed by atoms with E-state index in [9.17, 15) is 0 Å². The first-order valence-corrected chi connectivity index (χ1v) is 8.78. The molecule has 3 heterocycles. The van der Waals surface area contributed by atoms with Crippen molar-refractivity contribution in [1.82, 2.24) is 14.9 Å². The van der Waals surface area contributed by atoms with Gasteiger partial charge in [-0.1, -0.05) is 0 Å². The summed E-state index contributed by atoms with van der Waals surface area (Å²) in [6.45, 7) is 4.69. The Kier molecular flexibility index (Phi) is 4.90. The van der Waals surface area contributed by atoms with Crippen LogP contribution in [0.2, 0.25) is 0 Å². The number of anilines is 3. The zero-order valence-electron chi connectivity index (χ0n) is 14.7. The highest BCUT2D eigenvalue weighted by Gasteiger charge is 2.29. The first-order valence-electron chi connectivity index (χ1n) is 8.78. The second-order valence-corrected chi connectivity index (χ2v) is 7.31. The summed E-state index contributed by atoms with van der Waals surface area (Å²) in [5.41, 5.74) is 5.95. The lowest BCUT2D eigenvalue weighted by molar-refractivity contribution is 0.154. The molecular weight excluding hydrogens is 288 g/mol. The predicted molar refractivity (Wildman–Crippen MR) is 95.9 cm³/mol. The van der Waals surface area contributed by atoms with Crippen molar-refractivity contribution in [3.63, 3.8) is 0 Å². The molecule has 1 aromatic heterocycles. The Bertz CT molecular complexity index is 516. The molecule has 2 aliphatic heterocycles. The van der Waals surface area contributed by atoms with Crippen molar-refractivity contribution in [3.05, 3.63) is 6.07 Å². The fraction of sp³-hybridized carbons (Fsp3) is 0.765. The maximum Gasteiger partial charge on any atom is 0.228 e. The van der Waals surface area contributed by atoms with E-state index >= 15 is 0 Å². The SMILES string of the molecule is CN1CCC(C2CCN(c3cc(N)nc(N(C)C)n3)CC2)CC1. The van der Waals surface area contributed by atoms with E-state index in [0.717, 1.165) is 30.7 Å². The zero-order chi connectivity index (χ0) is 16.4. The summed E-state index contributed by atoms with van der Waals surface area (Å²) in [5, 5.41) is 0. The third kappa shape index (κ3) is 3.86. The first kappa shape index (κ1) is 16.3. The van der Waals surface area contributed by atoms with E-state index in [4.69, 9.17) is 5.73 Å². The van der Waals surface area contributed by atoms with Gasteiger partial charge in [0.25, 0.3) is 0 Å². The van der Waals surface area contributed by atoms with Gasteiger partial charge >= 0.3 is 0 Å². The molecule has 2 aliphatic rings. The lowest BCUT2D eigenvalue weighted by Gasteiger charge is -2.39. The molecule has 2 saturated heterocycles. The van der Waals surface area contributed by atoms with E-state index in [1.807, 2.05) is 25.1 Å². The standard InChI is InChI=1S/C17H30N6/c1-21(2)17-19-15(18)12-16(20-17)23-10-6-14(7-11-23)13-4-8-22(3)9-5-13/h12-14H,4-11H2,1-3H3,(H2,18,19,20). The molecule has 0 aliphatic carbocycles. The Hall–Kier alpha value is -1.56. The number of rotatable bonds is 3. The van der Waals surface area contributed by atoms with Gasteiger partial charge in [0.05, 0.1) is 0 Å². The Morgan fingerprint density at radius 2 is 1.57 bits per heavy atom. The molecule has 1 aromatic rings. The molecular formula is C17H30N6. The molecule has 0 atom stereocenters. The van der Waals surface area contributed by atoms with Crippen LogP contribution in [-0.4, -0.2) is 62.2 Å². The summed E-state index contributed by atoms with van der Waals surface area (Å²) in [6.07, 6.45) is 5.28. The predicted octanol–water partition coefficient (Wildman–Crippen LogP) is 1.68. The Morgan fingerprint density at radius 1 is 1.00 bits per heavy atom. The molecule has 6 heteroatoms. The zero-order valence-corrected chi connectivity index (χ0v) is 14.7. The Morgan fingerprint density at radius 3 is 2.13 bits per heavy atom. The first-order chi connectivity index (χ1) is 11.0. The van der Waals surface area contributed by atoms with Crippen molar-refractivity contribution in [2.24, 2.45) is 11.8 Å². The van der Waals surface area contributed by atoms with Crippen LogP contribution in [0.15, 0.2) is 6.07 Å². The molecule has 3 rings (SSSR count). The number of nitrogen functional groups attached to an aromatic ring is 1. The van der Waals surface area contributed by atoms with Gasteiger partial charge in [0.15, 0.2) is 0 Å². The second kappa shape index (κ2) is 6.91. The van der Waals surface area contributed by atoms with Gasteiger partial charge in [-0.2, -0.15) is 9.97 Å². The normalized spacial score (nSPS) is 21.6. The highest BCUT2D eigenvalue weighted by molar-refractivity contribution is 5.52. The molecule has 0 saturated carbocycles. The summed E-state index contributed by atoms with van der Waals surface area (Å²) in [5.74, 6) is 4.02. The number of piperidine rings is 2. The molecule has 2 N–H and O–H groups in total. The maximum atomic E-state index is 5.95. The van der Waals surface area contributed by atoms with E-state index in [1.165, 1.54) is 38.8 Å². The molecule has 2 fully saturated rings. The van der Waals surface area contributed by atoms with Crippen LogP contribution in [0.5, 0.6) is 0 Å². The molecule has 0 aromatic carbocycles. The van der Waals surface area contributed by atoms with Crippen molar-refractivity contribution in [3.8, 4) is 0 Å². The summed E-state index contributed by atoms with van der Waals surface area (Å²) in [7, 11) is 6.14. The van der Waals surface area contributed by atoms with Crippen LogP contribution in [0, 0.1) is 11.8 Å². The van der Waals surface area contributed by atoms with Crippen LogP contribution in [-0.2, 0) is 0 Å². The monoisotopic (exact) mass is 318 g/mol. The highest BCUT2D eigenvalue weighted by atomic mass is 15.3. The average molecular weight is 318 g/mol. The fourth-order valence-electron chi connectivity index (χ4n) is 3.90. The topological polar surface area (TPSA) is 61.5 Å². The number of likely N-dealkylation sites (tertiary alicyclic amines) is 1. The quantitative estimate of drug-likeness (QED) is 0.915. The maximum absolute atomic E-state index is 5.95. The van der Waals surface area contributed by atoms with Gasteiger partial charge in [-0.15, -0.1) is 0 Å². The number of nitrogens with zero attached hydrogens (tertiary/aromatic N) is 5. The lowest BCUT2D eigenvalue weighted by Crippen LogP contribution is -2.40. The molecule has 0 bridgehead atoms. The van der Waals surface area contributed by atoms with Crippen molar-refractivity contribution >= 4 is 17.6 Å². The molecule has 0 spiro atoms. The molecule has 23 heavy (non-hydrogen) atoms. The Balaban J connectivity index is 1.60. The smallest absolute Gasteiger partial charge is 0.228 e. The largest absolute Gasteiger partial charge is 0.383 e. The minimum atomic E-state index is 0.552. The number of nitrogens with two attached hydrogens (primary N) is 1. The molecule has 0 unspecified atom stereocenters. The lowest BCUT2D eigenvalue weighted by atomic mass is 9.79. The van der Waals surface area contributed by atoms with E-state index in [2.05, 4.69) is 26.8 Å². The summed E-state index contributed by atoms with van der Waals surface area (Å²) in [4.78, 5) is 15.7. The molecule has 0 amide bonds. The van der Waals surface area contributed by atoms with Crippen molar-refractivity contribution in [2.45, 2.75) is 25.7 Å². The van der Waals surface area contributed by atoms with Crippen LogP contribution >= 0.6 is 0 Å². The fourth-order valence-corrected chi connectivity index (χ4v) is 3.90. The van der Waals surface area contributed by atoms with Crippen LogP contribution in [0.25, 0.3) is 0 Å². The Labute approximate surface area is 139 Å². The van der Waals surface area contributed by atoms with Gasteiger partial charge in [0.2, 0.25) is 5.95 Å². The molecule has 0 radical (unpaired) electrons. The van der Waals surface area contributed by atoms with Crippen molar-refractivity contribution in [1.29, 1.82) is 0 Å². The third-order valence-electron chi connectivity index (χ3n) is 5.41. The average Bonchev–Trinajstić information content (AvgIpc) is 2.55. The van der Waals surface area contributed by atoms with Gasteiger partial charge in [0, 0.05) is 33.3 Å². The van der Waals surface area contributed by atoms with Crippen molar-refractivity contribution < 1.29 is 0 Å². The summed E-state index contributed by atoms with van der Waals surface area (Å²) >= 11 is 0. The minimum Gasteiger partial charge on any atom is -0.383 e. The van der Waals surface area contributed by atoms with Gasteiger partial charge in [0.1, 0.15) is 11.6 Å².